The molecule has 0 aliphatic carbocycles. The van der Waals surface area contributed by atoms with E-state index in [4.69, 9.17) is 4.74 Å². The van der Waals surface area contributed by atoms with Gasteiger partial charge >= 0.3 is 0 Å². The van der Waals surface area contributed by atoms with Gasteiger partial charge in [-0.3, -0.25) is 14.3 Å². The number of fused-ring (bicyclic) bond motifs is 2. The third-order valence-electron chi connectivity index (χ3n) is 5.63. The zero-order valence-corrected chi connectivity index (χ0v) is 15.5. The van der Waals surface area contributed by atoms with Gasteiger partial charge in [-0.25, -0.2) is 4.98 Å². The molecule has 11 heteroatoms. The molecule has 1 fully saturated rings. The lowest BCUT2D eigenvalue weighted by Crippen LogP contribution is -2.24. The molecule has 11 nitrogen and oxygen atoms in total. The van der Waals surface area contributed by atoms with Crippen LogP contribution >= 0.6 is 0 Å². The van der Waals surface area contributed by atoms with Gasteiger partial charge in [-0.05, 0) is 18.1 Å². The van der Waals surface area contributed by atoms with E-state index in [1.165, 1.54) is 6.33 Å². The number of aromatic nitrogens is 5. The van der Waals surface area contributed by atoms with E-state index in [1.807, 2.05) is 16.8 Å². The third-order valence-corrected chi connectivity index (χ3v) is 5.63. The molecule has 5 rings (SSSR count). The molecule has 1 saturated heterocycles. The van der Waals surface area contributed by atoms with Crippen molar-refractivity contribution < 1.29 is 20.1 Å². The van der Waals surface area contributed by atoms with Crippen molar-refractivity contribution in [2.45, 2.75) is 50.5 Å². The van der Waals surface area contributed by atoms with Gasteiger partial charge in [-0.1, -0.05) is 0 Å². The Morgan fingerprint density at radius 2 is 2.24 bits per heavy atom. The fourth-order valence-corrected chi connectivity index (χ4v) is 4.13. The largest absolute Gasteiger partial charge is 0.394 e. The fraction of sp³-hybridized carbons (Fsp3) is 0.500. The van der Waals surface area contributed by atoms with Crippen molar-refractivity contribution in [3.8, 4) is 0 Å². The molecule has 0 amide bonds. The summed E-state index contributed by atoms with van der Waals surface area (Å²) in [6.45, 7) is 0.894. The van der Waals surface area contributed by atoms with Crippen molar-refractivity contribution in [1.82, 2.24) is 24.1 Å². The highest BCUT2D eigenvalue weighted by Gasteiger charge is 2.35. The first kappa shape index (κ1) is 18.3. The van der Waals surface area contributed by atoms with Gasteiger partial charge in [0.05, 0.1) is 30.8 Å². The van der Waals surface area contributed by atoms with Gasteiger partial charge in [0.2, 0.25) is 5.95 Å². The van der Waals surface area contributed by atoms with Crippen LogP contribution in [0.1, 0.15) is 36.4 Å². The zero-order valence-electron chi connectivity index (χ0n) is 15.5. The average Bonchev–Trinajstić information content (AvgIpc) is 3.45. The Kier molecular flexibility index (Phi) is 4.39. The summed E-state index contributed by atoms with van der Waals surface area (Å²) in [5.74, 6) is 0.272. The van der Waals surface area contributed by atoms with Gasteiger partial charge in [-0.2, -0.15) is 4.98 Å². The van der Waals surface area contributed by atoms with Crippen LogP contribution in [0.15, 0.2) is 23.4 Å². The van der Waals surface area contributed by atoms with E-state index in [2.05, 4.69) is 20.3 Å². The van der Waals surface area contributed by atoms with Crippen molar-refractivity contribution in [3.63, 3.8) is 0 Å². The van der Waals surface area contributed by atoms with Gasteiger partial charge in [0.25, 0.3) is 5.56 Å². The molecule has 0 radical (unpaired) electrons. The van der Waals surface area contributed by atoms with Gasteiger partial charge < -0.3 is 29.9 Å². The lowest BCUT2D eigenvalue weighted by Gasteiger charge is -2.14. The van der Waals surface area contributed by atoms with Crippen LogP contribution in [-0.4, -0.2) is 58.2 Å². The molecule has 2 aliphatic heterocycles. The van der Waals surface area contributed by atoms with Crippen LogP contribution in [0.3, 0.4) is 0 Å². The number of hydrogen-bond acceptors (Lipinski definition) is 8. The number of rotatable bonds is 5. The average molecular weight is 402 g/mol. The second-order valence-electron chi connectivity index (χ2n) is 7.43. The molecule has 0 bridgehead atoms. The minimum atomic E-state index is -0.801. The molecular formula is C18H22N6O5. The first-order valence-corrected chi connectivity index (χ1v) is 9.56. The summed E-state index contributed by atoms with van der Waals surface area (Å²) >= 11 is 0. The molecule has 29 heavy (non-hydrogen) atoms. The number of nitrogens with zero attached hydrogens (tertiary/aromatic N) is 4. The number of imidazole rings is 1. The van der Waals surface area contributed by atoms with E-state index in [1.54, 1.807) is 4.57 Å². The highest BCUT2D eigenvalue weighted by atomic mass is 16.5. The number of aromatic amines is 1. The Morgan fingerprint density at radius 3 is 3.03 bits per heavy atom. The minimum absolute atomic E-state index is 0.168. The van der Waals surface area contributed by atoms with Gasteiger partial charge in [0.15, 0.2) is 11.2 Å². The summed E-state index contributed by atoms with van der Waals surface area (Å²) in [5.41, 5.74) is 1.93. The van der Waals surface area contributed by atoms with Crippen LogP contribution in [0.25, 0.3) is 11.2 Å². The number of aryl methyl sites for hydroxylation is 1. The molecule has 0 aromatic carbocycles. The monoisotopic (exact) mass is 402 g/mol. The van der Waals surface area contributed by atoms with Gasteiger partial charge in [0, 0.05) is 25.7 Å². The molecule has 4 atom stereocenters. The predicted octanol–water partition coefficient (Wildman–Crippen LogP) is -0.389. The van der Waals surface area contributed by atoms with E-state index in [-0.39, 0.29) is 24.5 Å². The lowest BCUT2D eigenvalue weighted by atomic mass is 10.1. The summed E-state index contributed by atoms with van der Waals surface area (Å²) in [6.07, 6.45) is 1.82. The van der Waals surface area contributed by atoms with E-state index in [9.17, 15) is 20.1 Å². The highest BCUT2D eigenvalue weighted by Crippen LogP contribution is 2.31. The van der Waals surface area contributed by atoms with Crippen molar-refractivity contribution in [2.24, 2.45) is 0 Å². The van der Waals surface area contributed by atoms with Crippen LogP contribution in [0, 0.1) is 0 Å². The van der Waals surface area contributed by atoms with Crippen LogP contribution in [0.4, 0.5) is 5.95 Å². The Balaban J connectivity index is 1.42. The highest BCUT2D eigenvalue weighted by molar-refractivity contribution is 5.70. The number of ether oxygens (including phenoxy) is 1. The van der Waals surface area contributed by atoms with Crippen molar-refractivity contribution in [3.05, 3.63) is 40.2 Å². The molecule has 5 heterocycles. The molecule has 3 aromatic rings. The number of nitrogens with one attached hydrogen (secondary N) is 2. The molecule has 0 unspecified atom stereocenters. The van der Waals surface area contributed by atoms with Crippen LogP contribution < -0.4 is 10.9 Å². The quantitative estimate of drug-likeness (QED) is 0.387. The van der Waals surface area contributed by atoms with E-state index in [0.29, 0.717) is 18.6 Å². The predicted molar refractivity (Wildman–Crippen MR) is 101 cm³/mol. The lowest BCUT2D eigenvalue weighted by molar-refractivity contribution is -0.0432. The van der Waals surface area contributed by atoms with E-state index in [0.717, 1.165) is 17.8 Å². The Bertz CT molecular complexity index is 1100. The van der Waals surface area contributed by atoms with Gasteiger partial charge in [-0.15, -0.1) is 0 Å². The molecule has 5 N–H and O–H groups in total. The summed E-state index contributed by atoms with van der Waals surface area (Å²) < 4.78 is 9.27. The minimum Gasteiger partial charge on any atom is -0.394 e. The second-order valence-corrected chi connectivity index (χ2v) is 7.43. The number of aliphatic hydroxyl groups is 3. The number of H-pyrrole nitrogens is 1. The molecule has 2 aliphatic rings. The Morgan fingerprint density at radius 1 is 1.38 bits per heavy atom. The maximum Gasteiger partial charge on any atom is 0.280 e. The Hall–Kier alpha value is -2.73. The maximum atomic E-state index is 12.4. The molecule has 3 aromatic heterocycles. The third kappa shape index (κ3) is 3.02. The fourth-order valence-electron chi connectivity index (χ4n) is 4.13. The maximum absolute atomic E-state index is 12.4. The van der Waals surface area contributed by atoms with Crippen LogP contribution in [0.5, 0.6) is 0 Å². The molecular weight excluding hydrogens is 380 g/mol. The van der Waals surface area contributed by atoms with Crippen molar-refractivity contribution in [2.75, 3.05) is 11.9 Å². The first-order valence-electron chi connectivity index (χ1n) is 9.56. The van der Waals surface area contributed by atoms with Crippen LogP contribution in [-0.2, 0) is 17.8 Å². The topological polar surface area (TPSA) is 150 Å². The Labute approximate surface area is 164 Å². The standard InChI is InChI=1S/C18H22N6O5/c25-7-12-11(27)5-13(29-12)24-8-20-14-16(24)21-18(22-17(14)28)19-6-9-1-3-23-4-2-10(26)15(9)23/h1,3,8,10-13,25-27H,2,4-7H2,(H2,19,21,22,28)/t10-,11+,12-,13-/m1/s1. The molecule has 0 spiro atoms. The smallest absolute Gasteiger partial charge is 0.280 e. The summed E-state index contributed by atoms with van der Waals surface area (Å²) in [4.78, 5) is 23.7. The SMILES string of the molecule is O=c1[nH]c(NCc2ccn3c2[C@H](O)CC3)nc2c1ncn2[C@H]1C[C@H](O)[C@@H](CO)O1. The first-order chi connectivity index (χ1) is 14.0. The summed E-state index contributed by atoms with van der Waals surface area (Å²) in [6, 6.07) is 1.94. The zero-order chi connectivity index (χ0) is 20.1. The van der Waals surface area contributed by atoms with Crippen molar-refractivity contribution >= 4 is 17.1 Å². The molecule has 0 saturated carbocycles. The number of aliphatic hydroxyl groups excluding tert-OH is 3. The summed E-state index contributed by atoms with van der Waals surface area (Å²) in [5, 5.41) is 32.5. The number of anilines is 1. The van der Waals surface area contributed by atoms with Crippen LogP contribution in [0.2, 0.25) is 0 Å². The second kappa shape index (κ2) is 6.95. The normalized spacial score (nSPS) is 26.3. The van der Waals surface area contributed by atoms with E-state index >= 15 is 0 Å². The van der Waals surface area contributed by atoms with Gasteiger partial charge in [0.1, 0.15) is 12.3 Å². The summed E-state index contributed by atoms with van der Waals surface area (Å²) in [7, 11) is 0. The van der Waals surface area contributed by atoms with E-state index < -0.39 is 30.1 Å². The van der Waals surface area contributed by atoms with Crippen molar-refractivity contribution in [1.29, 1.82) is 0 Å². The number of hydrogen-bond donors (Lipinski definition) is 5. The molecule has 154 valence electrons.